The molecule has 3 fully saturated rings. The number of hydrogen-bond donors (Lipinski definition) is 0. The molecule has 1 heterocycles. The lowest BCUT2D eigenvalue weighted by molar-refractivity contribution is -0.230. The Morgan fingerprint density at radius 3 is 1.89 bits per heavy atom. The van der Waals surface area contributed by atoms with Crippen molar-refractivity contribution in [1.29, 1.82) is 0 Å². The van der Waals surface area contributed by atoms with E-state index >= 15 is 0 Å². The van der Waals surface area contributed by atoms with Gasteiger partial charge in [-0.3, -0.25) is 0 Å². The first-order valence-electron chi connectivity index (χ1n) is 11.4. The molecule has 0 amide bonds. The molecule has 0 radical (unpaired) electrons. The summed E-state index contributed by atoms with van der Waals surface area (Å²) in [5, 5.41) is 0. The summed E-state index contributed by atoms with van der Waals surface area (Å²) in [6.07, 6.45) is 14.0. The fourth-order valence-corrected chi connectivity index (χ4v) is 5.45. The van der Waals surface area contributed by atoms with Gasteiger partial charge in [0.2, 0.25) is 0 Å². The van der Waals surface area contributed by atoms with Crippen LogP contribution in [0.5, 0.6) is 0 Å². The molecule has 0 aromatic carbocycles. The lowest BCUT2D eigenvalue weighted by atomic mass is 9.77. The molecule has 156 valence electrons. The Labute approximate surface area is 164 Å². The van der Waals surface area contributed by atoms with Crippen molar-refractivity contribution >= 4 is 0 Å². The summed E-state index contributed by atoms with van der Waals surface area (Å²) in [5.74, 6) is 2.85. The van der Waals surface area contributed by atoms with E-state index in [9.17, 15) is 8.78 Å². The highest BCUT2D eigenvalue weighted by atomic mass is 19.3. The van der Waals surface area contributed by atoms with Crippen molar-refractivity contribution in [2.45, 2.75) is 90.3 Å². The summed E-state index contributed by atoms with van der Waals surface area (Å²) >= 11 is 0. The minimum Gasteiger partial charge on any atom is -0.352 e. The average molecular weight is 385 g/mol. The molecule has 0 unspecified atom stereocenters. The first-order chi connectivity index (χ1) is 13.1. The van der Waals surface area contributed by atoms with Crippen molar-refractivity contribution in [1.82, 2.24) is 0 Å². The topological polar surface area (TPSA) is 18.5 Å². The summed E-state index contributed by atoms with van der Waals surface area (Å²) < 4.78 is 36.9. The Bertz CT molecular complexity index is 439. The molecule has 0 N–H and O–H groups in total. The summed E-state index contributed by atoms with van der Waals surface area (Å²) in [7, 11) is 0. The van der Waals surface area contributed by atoms with E-state index in [1.165, 1.54) is 51.4 Å². The minimum absolute atomic E-state index is 0.0370. The number of allylic oxidation sites excluding steroid dienone is 1. The standard InChI is InChI=1S/C23H38F2O2/c1-2-3-17-4-6-18(7-5-17)8-9-20-15-26-23(27-16-20)21-12-10-19(11-13-21)14-22(24)25/h14,17-21,23H,2-13,15-16H2,1H3. The molecule has 0 spiro atoms. The van der Waals surface area contributed by atoms with Crippen LogP contribution in [0.4, 0.5) is 8.78 Å². The highest BCUT2D eigenvalue weighted by Crippen LogP contribution is 2.37. The summed E-state index contributed by atoms with van der Waals surface area (Å²) in [4.78, 5) is 0. The van der Waals surface area contributed by atoms with Gasteiger partial charge in [0.1, 0.15) is 0 Å². The van der Waals surface area contributed by atoms with Gasteiger partial charge >= 0.3 is 0 Å². The zero-order chi connectivity index (χ0) is 19.1. The van der Waals surface area contributed by atoms with E-state index in [4.69, 9.17) is 9.47 Å². The Morgan fingerprint density at radius 2 is 1.33 bits per heavy atom. The Kier molecular flexibility index (Phi) is 8.57. The predicted molar refractivity (Wildman–Crippen MR) is 105 cm³/mol. The predicted octanol–water partition coefficient (Wildman–Crippen LogP) is 6.95. The van der Waals surface area contributed by atoms with Crippen LogP contribution in [0.2, 0.25) is 0 Å². The average Bonchev–Trinajstić information content (AvgIpc) is 2.68. The Morgan fingerprint density at radius 1 is 0.778 bits per heavy atom. The van der Waals surface area contributed by atoms with Crippen molar-refractivity contribution in [3.8, 4) is 0 Å². The quantitative estimate of drug-likeness (QED) is 0.473. The van der Waals surface area contributed by atoms with E-state index in [0.717, 1.165) is 56.8 Å². The van der Waals surface area contributed by atoms with Crippen molar-refractivity contribution in [3.63, 3.8) is 0 Å². The number of halogens is 2. The summed E-state index contributed by atoms with van der Waals surface area (Å²) in [6, 6.07) is 0. The molecule has 2 nitrogen and oxygen atoms in total. The molecule has 0 aromatic rings. The van der Waals surface area contributed by atoms with Gasteiger partial charge in [0, 0.05) is 11.8 Å². The molecule has 27 heavy (non-hydrogen) atoms. The second-order valence-electron chi connectivity index (χ2n) is 9.29. The van der Waals surface area contributed by atoms with Gasteiger partial charge < -0.3 is 9.47 Å². The normalized spacial score (nSPS) is 37.7. The molecular formula is C23H38F2O2. The third-order valence-electron chi connectivity index (χ3n) is 7.20. The van der Waals surface area contributed by atoms with Crippen molar-refractivity contribution in [3.05, 3.63) is 12.2 Å². The highest BCUT2D eigenvalue weighted by Gasteiger charge is 2.32. The monoisotopic (exact) mass is 384 g/mol. The molecular weight excluding hydrogens is 346 g/mol. The van der Waals surface area contributed by atoms with E-state index in [2.05, 4.69) is 6.92 Å². The van der Waals surface area contributed by atoms with Crippen molar-refractivity contribution < 1.29 is 18.3 Å². The van der Waals surface area contributed by atoms with Crippen molar-refractivity contribution in [2.75, 3.05) is 13.2 Å². The zero-order valence-electron chi connectivity index (χ0n) is 17.0. The van der Waals surface area contributed by atoms with Crippen LogP contribution in [0.1, 0.15) is 84.0 Å². The lowest BCUT2D eigenvalue weighted by Crippen LogP contribution is -2.38. The lowest BCUT2D eigenvalue weighted by Gasteiger charge is -2.37. The largest absolute Gasteiger partial charge is 0.352 e. The van der Waals surface area contributed by atoms with E-state index in [0.29, 0.717) is 11.8 Å². The first-order valence-corrected chi connectivity index (χ1v) is 11.4. The number of hydrogen-bond acceptors (Lipinski definition) is 2. The molecule has 0 atom stereocenters. The number of rotatable bonds is 7. The maximum Gasteiger partial charge on any atom is 0.266 e. The van der Waals surface area contributed by atoms with Crippen LogP contribution in [0.15, 0.2) is 12.2 Å². The van der Waals surface area contributed by atoms with E-state index in [1.54, 1.807) is 0 Å². The van der Waals surface area contributed by atoms with Crippen LogP contribution in [0.3, 0.4) is 0 Å². The van der Waals surface area contributed by atoms with Crippen LogP contribution in [0, 0.1) is 29.6 Å². The minimum atomic E-state index is -1.54. The van der Waals surface area contributed by atoms with Gasteiger partial charge in [0.15, 0.2) is 6.29 Å². The van der Waals surface area contributed by atoms with Crippen LogP contribution in [0.25, 0.3) is 0 Å². The maximum absolute atomic E-state index is 12.4. The molecule has 3 aliphatic rings. The van der Waals surface area contributed by atoms with Gasteiger partial charge in [-0.2, -0.15) is 8.78 Å². The highest BCUT2D eigenvalue weighted by molar-refractivity contribution is 4.91. The SMILES string of the molecule is CCCC1CCC(CCC2COC(C3CCC(C=C(F)F)CC3)OC2)CC1. The Hall–Kier alpha value is -0.480. The van der Waals surface area contributed by atoms with E-state index < -0.39 is 6.08 Å². The molecule has 2 aliphatic carbocycles. The number of ether oxygens (including phenoxy) is 2. The molecule has 0 aromatic heterocycles. The molecule has 2 saturated carbocycles. The van der Waals surface area contributed by atoms with Crippen LogP contribution in [-0.4, -0.2) is 19.5 Å². The third-order valence-corrected chi connectivity index (χ3v) is 7.20. The van der Waals surface area contributed by atoms with Gasteiger partial charge in [0.05, 0.1) is 13.2 Å². The third kappa shape index (κ3) is 6.81. The van der Waals surface area contributed by atoms with Gasteiger partial charge in [0.25, 0.3) is 6.08 Å². The van der Waals surface area contributed by atoms with Crippen molar-refractivity contribution in [2.24, 2.45) is 29.6 Å². The van der Waals surface area contributed by atoms with Gasteiger partial charge in [-0.25, -0.2) is 0 Å². The maximum atomic E-state index is 12.4. The van der Waals surface area contributed by atoms with E-state index in [1.807, 2.05) is 0 Å². The van der Waals surface area contributed by atoms with Crippen LogP contribution in [-0.2, 0) is 9.47 Å². The zero-order valence-corrected chi connectivity index (χ0v) is 17.0. The molecule has 0 bridgehead atoms. The van der Waals surface area contributed by atoms with Gasteiger partial charge in [-0.15, -0.1) is 0 Å². The molecule has 3 rings (SSSR count). The second-order valence-corrected chi connectivity index (χ2v) is 9.29. The van der Waals surface area contributed by atoms with Gasteiger partial charge in [-0.05, 0) is 55.9 Å². The summed E-state index contributed by atoms with van der Waals surface area (Å²) in [6.45, 7) is 3.93. The Balaban J connectivity index is 1.29. The summed E-state index contributed by atoms with van der Waals surface area (Å²) in [5.41, 5.74) is 0. The molecule has 4 heteroatoms. The smallest absolute Gasteiger partial charge is 0.266 e. The first kappa shape index (κ1) is 21.2. The fourth-order valence-electron chi connectivity index (χ4n) is 5.45. The van der Waals surface area contributed by atoms with Gasteiger partial charge in [-0.1, -0.05) is 51.9 Å². The van der Waals surface area contributed by atoms with Crippen LogP contribution >= 0.6 is 0 Å². The molecule has 1 saturated heterocycles. The van der Waals surface area contributed by atoms with Crippen LogP contribution < -0.4 is 0 Å². The second kappa shape index (κ2) is 10.9. The van der Waals surface area contributed by atoms with E-state index in [-0.39, 0.29) is 12.2 Å². The molecule has 1 aliphatic heterocycles. The fraction of sp³-hybridized carbons (Fsp3) is 0.913.